The molecule has 0 atom stereocenters. The predicted molar refractivity (Wildman–Crippen MR) is 91.1 cm³/mol. The van der Waals surface area contributed by atoms with E-state index >= 15 is 0 Å². The number of pyridine rings is 1. The maximum Gasteiger partial charge on any atom is 0.272 e. The molecule has 0 unspecified atom stereocenters. The highest BCUT2D eigenvalue weighted by Crippen LogP contribution is 2.37. The molecule has 1 spiro atoms. The first-order valence-corrected chi connectivity index (χ1v) is 8.65. The van der Waals surface area contributed by atoms with E-state index in [4.69, 9.17) is 0 Å². The van der Waals surface area contributed by atoms with Crippen LogP contribution in [-0.2, 0) is 0 Å². The predicted octanol–water partition coefficient (Wildman–Crippen LogP) is 1.97. The lowest BCUT2D eigenvalue weighted by Crippen LogP contribution is -2.52. The summed E-state index contributed by atoms with van der Waals surface area (Å²) in [7, 11) is 2.22. The number of nitrogens with zero attached hydrogens (tertiary/aromatic N) is 5. The molecule has 6 heteroatoms. The first-order valence-electron chi connectivity index (χ1n) is 8.65. The molecule has 6 nitrogen and oxygen atoms in total. The third kappa shape index (κ3) is 2.60. The Labute approximate surface area is 142 Å². The number of hydrogen-bond donors (Lipinski definition) is 0. The van der Waals surface area contributed by atoms with Gasteiger partial charge in [0.1, 0.15) is 5.69 Å². The van der Waals surface area contributed by atoms with Crippen LogP contribution < -0.4 is 0 Å². The zero-order valence-electron chi connectivity index (χ0n) is 14.1. The molecular formula is C18H23N5O. The van der Waals surface area contributed by atoms with E-state index in [9.17, 15) is 4.79 Å². The molecule has 1 amide bonds. The number of hydrogen-bond acceptors (Lipinski definition) is 4. The van der Waals surface area contributed by atoms with E-state index in [0.717, 1.165) is 31.6 Å². The molecular weight excluding hydrogens is 302 g/mol. The lowest BCUT2D eigenvalue weighted by atomic mass is 9.85. The summed E-state index contributed by atoms with van der Waals surface area (Å²) in [5.41, 5.74) is 1.68. The minimum Gasteiger partial charge on any atom is -0.337 e. The van der Waals surface area contributed by atoms with E-state index < -0.39 is 0 Å². The third-order valence-corrected chi connectivity index (χ3v) is 5.66. The molecule has 4 heterocycles. The molecule has 0 aliphatic carbocycles. The maximum absolute atomic E-state index is 12.8. The molecule has 126 valence electrons. The summed E-state index contributed by atoms with van der Waals surface area (Å²) in [6.07, 6.45) is 9.94. The second-order valence-corrected chi connectivity index (χ2v) is 6.89. The van der Waals surface area contributed by atoms with Gasteiger partial charge in [-0.05, 0) is 57.5 Å². The molecule has 2 aromatic heterocycles. The summed E-state index contributed by atoms with van der Waals surface area (Å²) in [4.78, 5) is 21.6. The van der Waals surface area contributed by atoms with Crippen molar-refractivity contribution in [3.05, 3.63) is 42.5 Å². The number of carbonyl (C=O) groups excluding carboxylic acids is 1. The van der Waals surface area contributed by atoms with Crippen LogP contribution in [0.3, 0.4) is 0 Å². The van der Waals surface area contributed by atoms with E-state index in [1.807, 2.05) is 29.3 Å². The third-order valence-electron chi connectivity index (χ3n) is 5.66. The van der Waals surface area contributed by atoms with Gasteiger partial charge in [0.15, 0.2) is 0 Å². The van der Waals surface area contributed by atoms with Gasteiger partial charge in [-0.1, -0.05) is 0 Å². The highest BCUT2D eigenvalue weighted by molar-refractivity contribution is 5.92. The van der Waals surface area contributed by atoms with Crippen LogP contribution in [0.4, 0.5) is 0 Å². The van der Waals surface area contributed by atoms with Gasteiger partial charge >= 0.3 is 0 Å². The van der Waals surface area contributed by atoms with Gasteiger partial charge in [-0.25, -0.2) is 4.68 Å². The van der Waals surface area contributed by atoms with Gasteiger partial charge in [-0.2, -0.15) is 5.10 Å². The monoisotopic (exact) mass is 325 g/mol. The standard InChI is InChI=1S/C18H23N5O/c1-21-10-2-5-18(21)6-12-22(13-7-18)17(24)16-14-15(4-9-19-16)23-11-3-8-20-23/h3-4,8-9,11,14H,2,5-7,10,12-13H2,1H3. The highest BCUT2D eigenvalue weighted by atomic mass is 16.2. The van der Waals surface area contributed by atoms with Crippen molar-refractivity contribution in [1.29, 1.82) is 0 Å². The van der Waals surface area contributed by atoms with E-state index in [0.29, 0.717) is 11.2 Å². The molecule has 4 rings (SSSR count). The van der Waals surface area contributed by atoms with E-state index in [1.54, 1.807) is 17.1 Å². The number of likely N-dealkylation sites (tertiary alicyclic amines) is 2. The normalized spacial score (nSPS) is 20.6. The Morgan fingerprint density at radius 2 is 2.00 bits per heavy atom. The lowest BCUT2D eigenvalue weighted by Gasteiger charge is -2.43. The van der Waals surface area contributed by atoms with E-state index in [1.165, 1.54) is 19.4 Å². The summed E-state index contributed by atoms with van der Waals surface area (Å²) in [6, 6.07) is 5.55. The van der Waals surface area contributed by atoms with Crippen molar-refractivity contribution in [2.45, 2.75) is 31.2 Å². The topological polar surface area (TPSA) is 54.3 Å². The van der Waals surface area contributed by atoms with Gasteiger partial charge in [0.25, 0.3) is 5.91 Å². The fraction of sp³-hybridized carbons (Fsp3) is 0.500. The van der Waals surface area contributed by atoms with Crippen LogP contribution in [0.5, 0.6) is 0 Å². The van der Waals surface area contributed by atoms with Crippen LogP contribution >= 0.6 is 0 Å². The molecule has 0 aromatic carbocycles. The van der Waals surface area contributed by atoms with Crippen molar-refractivity contribution in [2.24, 2.45) is 0 Å². The van der Waals surface area contributed by atoms with Crippen LogP contribution in [0.25, 0.3) is 5.69 Å². The smallest absolute Gasteiger partial charge is 0.272 e. The Morgan fingerprint density at radius 1 is 1.17 bits per heavy atom. The van der Waals surface area contributed by atoms with Gasteiger partial charge in [0.2, 0.25) is 0 Å². The van der Waals surface area contributed by atoms with Gasteiger partial charge in [0.05, 0.1) is 5.69 Å². The Balaban J connectivity index is 1.48. The van der Waals surface area contributed by atoms with Crippen LogP contribution in [0.2, 0.25) is 0 Å². The quantitative estimate of drug-likeness (QED) is 0.847. The van der Waals surface area contributed by atoms with Crippen molar-refractivity contribution in [3.63, 3.8) is 0 Å². The number of aromatic nitrogens is 3. The van der Waals surface area contributed by atoms with Crippen molar-refractivity contribution in [3.8, 4) is 5.69 Å². The molecule has 0 bridgehead atoms. The number of rotatable bonds is 2. The number of amides is 1. The van der Waals surface area contributed by atoms with Gasteiger partial charge in [-0.15, -0.1) is 0 Å². The summed E-state index contributed by atoms with van der Waals surface area (Å²) in [6.45, 7) is 2.81. The minimum absolute atomic E-state index is 0.0273. The van der Waals surface area contributed by atoms with Crippen molar-refractivity contribution < 1.29 is 4.79 Å². The summed E-state index contributed by atoms with van der Waals surface area (Å²) < 4.78 is 1.75. The van der Waals surface area contributed by atoms with Crippen LogP contribution in [0, 0.1) is 0 Å². The second kappa shape index (κ2) is 6.02. The Bertz CT molecular complexity index is 719. The molecule has 0 N–H and O–H groups in total. The molecule has 2 aromatic rings. The summed E-state index contributed by atoms with van der Waals surface area (Å²) in [5, 5.41) is 4.21. The molecule has 2 fully saturated rings. The summed E-state index contributed by atoms with van der Waals surface area (Å²) in [5.74, 6) is 0.0273. The first-order chi connectivity index (χ1) is 11.7. The Hall–Kier alpha value is -2.21. The molecule has 0 saturated carbocycles. The average molecular weight is 325 g/mol. The SMILES string of the molecule is CN1CCCC12CCN(C(=O)c1cc(-n3cccn3)ccn1)CC2. The molecule has 2 aliphatic heterocycles. The highest BCUT2D eigenvalue weighted by Gasteiger charge is 2.42. The van der Waals surface area contributed by atoms with Crippen molar-refractivity contribution >= 4 is 5.91 Å². The lowest BCUT2D eigenvalue weighted by molar-refractivity contribution is 0.0487. The van der Waals surface area contributed by atoms with Gasteiger partial charge in [0, 0.05) is 37.2 Å². The summed E-state index contributed by atoms with van der Waals surface area (Å²) >= 11 is 0. The van der Waals surface area contributed by atoms with Gasteiger partial charge < -0.3 is 9.80 Å². The van der Waals surface area contributed by atoms with Crippen molar-refractivity contribution in [1.82, 2.24) is 24.6 Å². The van der Waals surface area contributed by atoms with Crippen LogP contribution in [-0.4, -0.2) is 62.7 Å². The zero-order valence-corrected chi connectivity index (χ0v) is 14.1. The van der Waals surface area contributed by atoms with E-state index in [2.05, 4.69) is 22.0 Å². The number of piperidine rings is 1. The number of carbonyl (C=O) groups is 1. The Morgan fingerprint density at radius 3 is 2.67 bits per heavy atom. The fourth-order valence-corrected chi connectivity index (χ4v) is 4.09. The van der Waals surface area contributed by atoms with E-state index in [-0.39, 0.29) is 5.91 Å². The molecule has 0 radical (unpaired) electrons. The van der Waals surface area contributed by atoms with Crippen LogP contribution in [0.1, 0.15) is 36.2 Å². The maximum atomic E-state index is 12.8. The molecule has 2 aliphatic rings. The fourth-order valence-electron chi connectivity index (χ4n) is 4.09. The largest absolute Gasteiger partial charge is 0.337 e. The second-order valence-electron chi connectivity index (χ2n) is 6.89. The first kappa shape index (κ1) is 15.3. The van der Waals surface area contributed by atoms with Crippen LogP contribution in [0.15, 0.2) is 36.8 Å². The van der Waals surface area contributed by atoms with Gasteiger partial charge in [-0.3, -0.25) is 9.78 Å². The molecule has 2 saturated heterocycles. The van der Waals surface area contributed by atoms with Crippen molar-refractivity contribution in [2.75, 3.05) is 26.7 Å². The zero-order chi connectivity index (χ0) is 16.6. The Kier molecular flexibility index (Phi) is 3.84. The molecule has 24 heavy (non-hydrogen) atoms. The average Bonchev–Trinajstić information content (AvgIpc) is 3.27. The minimum atomic E-state index is 0.0273.